The van der Waals surface area contributed by atoms with Crippen LogP contribution in [0.4, 0.5) is 5.82 Å². The van der Waals surface area contributed by atoms with Gasteiger partial charge in [0, 0.05) is 14.1 Å². The highest BCUT2D eigenvalue weighted by Gasteiger charge is 2.10. The van der Waals surface area contributed by atoms with Crippen molar-refractivity contribution in [1.82, 2.24) is 14.9 Å². The first-order chi connectivity index (χ1) is 8.08. The second kappa shape index (κ2) is 4.89. The van der Waals surface area contributed by atoms with E-state index in [4.69, 9.17) is 5.73 Å². The maximum absolute atomic E-state index is 11.4. The van der Waals surface area contributed by atoms with Crippen LogP contribution in [0, 0.1) is 0 Å². The Hall–Kier alpha value is -1.34. The van der Waals surface area contributed by atoms with Gasteiger partial charge in [0.25, 0.3) is 0 Å². The molecule has 90 valence electrons. The highest BCUT2D eigenvalue weighted by molar-refractivity contribution is 7.99. The van der Waals surface area contributed by atoms with Gasteiger partial charge in [-0.2, -0.15) is 0 Å². The third-order valence-electron chi connectivity index (χ3n) is 2.16. The summed E-state index contributed by atoms with van der Waals surface area (Å²) in [5.74, 6) is 0.822. The molecule has 2 rings (SSSR count). The highest BCUT2D eigenvalue weighted by Crippen LogP contribution is 2.26. The van der Waals surface area contributed by atoms with E-state index in [0.717, 1.165) is 10.2 Å². The Kier molecular flexibility index (Phi) is 3.49. The standard InChI is InChI=1S/C10H12N4OS2/c1-14(2)7(15)5-17-10-12-8(11)6-3-4-16-9(6)13-10/h3-4H,5H2,1-2H3,(H2,11,12,13). The van der Waals surface area contributed by atoms with E-state index in [1.165, 1.54) is 23.1 Å². The molecular formula is C10H12N4OS2. The Morgan fingerprint density at radius 1 is 1.53 bits per heavy atom. The lowest BCUT2D eigenvalue weighted by Gasteiger charge is -2.08. The number of nitrogens with two attached hydrogens (primary N) is 1. The van der Waals surface area contributed by atoms with Crippen LogP contribution in [0.15, 0.2) is 16.6 Å². The molecule has 0 radical (unpaired) electrons. The molecule has 0 bridgehead atoms. The van der Waals surface area contributed by atoms with Gasteiger partial charge in [-0.25, -0.2) is 9.97 Å². The van der Waals surface area contributed by atoms with E-state index in [2.05, 4.69) is 9.97 Å². The second-order valence-corrected chi connectivity index (χ2v) is 5.44. The molecule has 7 heteroatoms. The van der Waals surface area contributed by atoms with E-state index >= 15 is 0 Å². The molecule has 17 heavy (non-hydrogen) atoms. The van der Waals surface area contributed by atoms with Crippen LogP contribution >= 0.6 is 23.1 Å². The lowest BCUT2D eigenvalue weighted by Crippen LogP contribution is -2.23. The molecule has 2 heterocycles. The molecule has 0 aliphatic rings. The number of amides is 1. The lowest BCUT2D eigenvalue weighted by molar-refractivity contribution is -0.125. The van der Waals surface area contributed by atoms with Crippen molar-refractivity contribution in [2.45, 2.75) is 5.16 Å². The van der Waals surface area contributed by atoms with Gasteiger partial charge in [-0.05, 0) is 11.4 Å². The summed E-state index contributed by atoms with van der Waals surface area (Å²) in [6.07, 6.45) is 0. The van der Waals surface area contributed by atoms with Crippen LogP contribution in [0.1, 0.15) is 0 Å². The van der Waals surface area contributed by atoms with Crippen molar-refractivity contribution in [3.05, 3.63) is 11.4 Å². The van der Waals surface area contributed by atoms with Gasteiger partial charge in [0.1, 0.15) is 10.6 Å². The Morgan fingerprint density at radius 3 is 3.00 bits per heavy atom. The Bertz CT molecular complexity index is 552. The number of rotatable bonds is 3. The summed E-state index contributed by atoms with van der Waals surface area (Å²) in [7, 11) is 3.45. The first kappa shape index (κ1) is 12.1. The van der Waals surface area contributed by atoms with Crippen molar-refractivity contribution in [2.75, 3.05) is 25.6 Å². The predicted octanol–water partition coefficient (Wildman–Crippen LogP) is 1.45. The zero-order valence-corrected chi connectivity index (χ0v) is 11.1. The highest BCUT2D eigenvalue weighted by atomic mass is 32.2. The van der Waals surface area contributed by atoms with Crippen LogP contribution in [-0.2, 0) is 4.79 Å². The maximum Gasteiger partial charge on any atom is 0.232 e. The number of carbonyl (C=O) groups excluding carboxylic acids is 1. The largest absolute Gasteiger partial charge is 0.383 e. The molecule has 0 aliphatic carbocycles. The average molecular weight is 268 g/mol. The zero-order valence-electron chi connectivity index (χ0n) is 9.51. The molecule has 5 nitrogen and oxygen atoms in total. The van der Waals surface area contributed by atoms with E-state index < -0.39 is 0 Å². The molecule has 0 atom stereocenters. The number of anilines is 1. The van der Waals surface area contributed by atoms with E-state index in [1.807, 2.05) is 11.4 Å². The number of aromatic nitrogens is 2. The number of hydrogen-bond acceptors (Lipinski definition) is 6. The van der Waals surface area contributed by atoms with Gasteiger partial charge in [-0.3, -0.25) is 4.79 Å². The fourth-order valence-corrected chi connectivity index (χ4v) is 2.84. The second-order valence-electron chi connectivity index (χ2n) is 3.61. The number of thiophene rings is 1. The third kappa shape index (κ3) is 2.67. The minimum atomic E-state index is 0.0310. The molecule has 0 aliphatic heterocycles. The van der Waals surface area contributed by atoms with Gasteiger partial charge in [0.15, 0.2) is 5.16 Å². The number of thioether (sulfide) groups is 1. The normalized spacial score (nSPS) is 10.7. The molecular weight excluding hydrogens is 256 g/mol. The first-order valence-electron chi connectivity index (χ1n) is 4.91. The number of hydrogen-bond donors (Lipinski definition) is 1. The summed E-state index contributed by atoms with van der Waals surface area (Å²) in [5.41, 5.74) is 5.81. The molecule has 2 N–H and O–H groups in total. The number of fused-ring (bicyclic) bond motifs is 1. The number of nitrogens with zero attached hydrogens (tertiary/aromatic N) is 3. The fraction of sp³-hybridized carbons (Fsp3) is 0.300. The van der Waals surface area contributed by atoms with Gasteiger partial charge in [0.05, 0.1) is 11.1 Å². The summed E-state index contributed by atoms with van der Waals surface area (Å²) in [4.78, 5) is 22.4. The van der Waals surface area contributed by atoms with Crippen molar-refractivity contribution < 1.29 is 4.79 Å². The monoisotopic (exact) mass is 268 g/mol. The summed E-state index contributed by atoms with van der Waals surface area (Å²) in [5, 5.41) is 3.35. The van der Waals surface area contributed by atoms with Gasteiger partial charge in [-0.15, -0.1) is 11.3 Å². The molecule has 0 spiro atoms. The number of nitrogen functional groups attached to an aromatic ring is 1. The first-order valence-corrected chi connectivity index (χ1v) is 6.78. The van der Waals surface area contributed by atoms with Crippen molar-refractivity contribution >= 4 is 45.0 Å². The van der Waals surface area contributed by atoms with Gasteiger partial charge in [0.2, 0.25) is 5.91 Å². The number of carbonyl (C=O) groups is 1. The summed E-state index contributed by atoms with van der Waals surface area (Å²) >= 11 is 2.82. The van der Waals surface area contributed by atoms with Crippen LogP contribution < -0.4 is 5.73 Å². The van der Waals surface area contributed by atoms with Crippen molar-refractivity contribution in [3.8, 4) is 0 Å². The zero-order chi connectivity index (χ0) is 12.4. The van der Waals surface area contributed by atoms with E-state index in [-0.39, 0.29) is 5.91 Å². The van der Waals surface area contributed by atoms with Crippen LogP contribution in [0.3, 0.4) is 0 Å². The topological polar surface area (TPSA) is 72.1 Å². The van der Waals surface area contributed by atoms with Crippen molar-refractivity contribution in [2.24, 2.45) is 0 Å². The smallest absolute Gasteiger partial charge is 0.232 e. The third-order valence-corrected chi connectivity index (χ3v) is 3.80. The van der Waals surface area contributed by atoms with Crippen LogP contribution in [0.2, 0.25) is 0 Å². The average Bonchev–Trinajstić information content (AvgIpc) is 2.74. The van der Waals surface area contributed by atoms with E-state index in [9.17, 15) is 4.79 Å². The minimum absolute atomic E-state index is 0.0310. The van der Waals surface area contributed by atoms with Crippen LogP contribution in [0.25, 0.3) is 10.2 Å². The van der Waals surface area contributed by atoms with Crippen LogP contribution in [-0.4, -0.2) is 40.6 Å². The lowest BCUT2D eigenvalue weighted by atomic mass is 10.4. The van der Waals surface area contributed by atoms with Gasteiger partial charge in [-0.1, -0.05) is 11.8 Å². The molecule has 0 saturated carbocycles. The molecule has 0 aromatic carbocycles. The molecule has 2 aromatic rings. The molecule has 0 unspecified atom stereocenters. The predicted molar refractivity (Wildman–Crippen MR) is 71.2 cm³/mol. The molecule has 0 saturated heterocycles. The van der Waals surface area contributed by atoms with Crippen molar-refractivity contribution in [1.29, 1.82) is 0 Å². The Morgan fingerprint density at radius 2 is 2.29 bits per heavy atom. The summed E-state index contributed by atoms with van der Waals surface area (Å²) in [6, 6.07) is 1.90. The Labute approximate surface area is 107 Å². The van der Waals surface area contributed by atoms with E-state index in [1.54, 1.807) is 19.0 Å². The molecule has 2 aromatic heterocycles. The fourth-order valence-electron chi connectivity index (χ4n) is 1.18. The van der Waals surface area contributed by atoms with Gasteiger partial charge >= 0.3 is 0 Å². The summed E-state index contributed by atoms with van der Waals surface area (Å²) in [6.45, 7) is 0. The quantitative estimate of drug-likeness (QED) is 0.674. The Balaban J connectivity index is 2.16. The SMILES string of the molecule is CN(C)C(=O)CSc1nc(N)c2ccsc2n1. The van der Waals surface area contributed by atoms with Crippen LogP contribution in [0.5, 0.6) is 0 Å². The van der Waals surface area contributed by atoms with E-state index in [0.29, 0.717) is 16.7 Å². The van der Waals surface area contributed by atoms with Crippen molar-refractivity contribution in [3.63, 3.8) is 0 Å². The summed E-state index contributed by atoms with van der Waals surface area (Å²) < 4.78 is 0. The molecule has 0 fully saturated rings. The minimum Gasteiger partial charge on any atom is -0.383 e. The maximum atomic E-state index is 11.4. The molecule has 1 amide bonds. The van der Waals surface area contributed by atoms with Gasteiger partial charge < -0.3 is 10.6 Å².